The van der Waals surface area contributed by atoms with Gasteiger partial charge < -0.3 is 0 Å². The first-order valence-corrected chi connectivity index (χ1v) is 3.40. The van der Waals surface area contributed by atoms with Crippen molar-refractivity contribution < 1.29 is 10.0 Å². The van der Waals surface area contributed by atoms with Crippen LogP contribution in [-0.4, -0.2) is 22.7 Å². The lowest BCUT2D eigenvalue weighted by molar-refractivity contribution is -0.173. The molecule has 0 radical (unpaired) electrons. The molecule has 0 aromatic carbocycles. The van der Waals surface area contributed by atoms with Gasteiger partial charge in [0, 0.05) is 12.0 Å². The van der Waals surface area contributed by atoms with Gasteiger partial charge in [-0.2, -0.15) is 0 Å². The zero-order valence-electron chi connectivity index (χ0n) is 7.01. The van der Waals surface area contributed by atoms with E-state index in [0.717, 1.165) is 5.06 Å². The zero-order chi connectivity index (χ0) is 8.36. The molecule has 0 saturated carbocycles. The molecule has 0 aromatic rings. The molecular weight excluding hydrogens is 130 g/mol. The fraction of sp³-hybridized carbons (Fsp3) is 0.857. The minimum Gasteiger partial charge on any atom is -0.286 e. The van der Waals surface area contributed by atoms with Gasteiger partial charge in [0.2, 0.25) is 0 Å². The first-order valence-electron chi connectivity index (χ1n) is 3.40. The summed E-state index contributed by atoms with van der Waals surface area (Å²) in [5.74, 6) is -0.241. The van der Waals surface area contributed by atoms with E-state index in [2.05, 4.69) is 0 Å². The number of rotatable bonds is 1. The van der Waals surface area contributed by atoms with Gasteiger partial charge in [0.1, 0.15) is 0 Å². The molecule has 1 N–H and O–H groups in total. The third-order valence-corrected chi connectivity index (χ3v) is 1.18. The van der Waals surface area contributed by atoms with Crippen molar-refractivity contribution in [2.45, 2.75) is 27.7 Å². The van der Waals surface area contributed by atoms with Crippen molar-refractivity contribution in [2.24, 2.45) is 5.41 Å². The van der Waals surface area contributed by atoms with Crippen molar-refractivity contribution in [3.05, 3.63) is 0 Å². The van der Waals surface area contributed by atoms with E-state index >= 15 is 0 Å². The molecule has 0 aliphatic carbocycles. The second kappa shape index (κ2) is 3.01. The lowest BCUT2D eigenvalue weighted by Gasteiger charge is -2.22. The average molecular weight is 145 g/mol. The maximum Gasteiger partial charge on any atom is 0.251 e. The van der Waals surface area contributed by atoms with Crippen LogP contribution in [0.1, 0.15) is 27.7 Å². The number of nitrogens with zero attached hydrogens (tertiary/aromatic N) is 1. The van der Waals surface area contributed by atoms with Gasteiger partial charge in [0.05, 0.1) is 0 Å². The quantitative estimate of drug-likeness (QED) is 0.446. The van der Waals surface area contributed by atoms with Crippen LogP contribution in [-0.2, 0) is 4.79 Å². The van der Waals surface area contributed by atoms with Crippen LogP contribution >= 0.6 is 0 Å². The highest BCUT2D eigenvalue weighted by molar-refractivity contribution is 5.80. The first kappa shape index (κ1) is 9.43. The second-order valence-electron chi connectivity index (χ2n) is 3.27. The van der Waals surface area contributed by atoms with E-state index in [4.69, 9.17) is 5.21 Å². The molecular formula is C7H15NO2. The normalized spacial score (nSPS) is 11.3. The topological polar surface area (TPSA) is 40.5 Å². The van der Waals surface area contributed by atoms with Crippen LogP contribution in [0.5, 0.6) is 0 Å². The van der Waals surface area contributed by atoms with Crippen molar-refractivity contribution in [1.82, 2.24) is 5.06 Å². The second-order valence-corrected chi connectivity index (χ2v) is 3.27. The predicted molar refractivity (Wildman–Crippen MR) is 38.6 cm³/mol. The van der Waals surface area contributed by atoms with Gasteiger partial charge in [0.25, 0.3) is 5.91 Å². The largest absolute Gasteiger partial charge is 0.286 e. The smallest absolute Gasteiger partial charge is 0.251 e. The van der Waals surface area contributed by atoms with Gasteiger partial charge in [-0.3, -0.25) is 10.0 Å². The van der Waals surface area contributed by atoms with Crippen molar-refractivity contribution >= 4 is 5.91 Å². The van der Waals surface area contributed by atoms with Crippen molar-refractivity contribution in [3.8, 4) is 0 Å². The molecule has 1 amide bonds. The molecule has 0 atom stereocenters. The monoisotopic (exact) mass is 145 g/mol. The molecule has 0 aliphatic heterocycles. The highest BCUT2D eigenvalue weighted by atomic mass is 16.5. The molecule has 0 spiro atoms. The van der Waals surface area contributed by atoms with E-state index in [1.165, 1.54) is 0 Å². The van der Waals surface area contributed by atoms with E-state index in [9.17, 15) is 4.79 Å². The highest BCUT2D eigenvalue weighted by Crippen LogP contribution is 2.15. The summed E-state index contributed by atoms with van der Waals surface area (Å²) < 4.78 is 0. The Bertz CT molecular complexity index is 126. The maximum absolute atomic E-state index is 11.1. The minimum atomic E-state index is -0.481. The lowest BCUT2D eigenvalue weighted by atomic mass is 9.95. The van der Waals surface area contributed by atoms with Crippen LogP contribution in [0.2, 0.25) is 0 Å². The molecule has 60 valence electrons. The number of hydrogen-bond acceptors (Lipinski definition) is 2. The Morgan fingerprint density at radius 1 is 1.50 bits per heavy atom. The Kier molecular flexibility index (Phi) is 2.84. The third-order valence-electron chi connectivity index (χ3n) is 1.18. The molecule has 0 unspecified atom stereocenters. The fourth-order valence-corrected chi connectivity index (χ4v) is 0.531. The van der Waals surface area contributed by atoms with Gasteiger partial charge in [-0.05, 0) is 6.92 Å². The lowest BCUT2D eigenvalue weighted by Crippen LogP contribution is -2.36. The zero-order valence-corrected chi connectivity index (χ0v) is 7.01. The number of hydrogen-bond donors (Lipinski definition) is 1. The van der Waals surface area contributed by atoms with E-state index in [-0.39, 0.29) is 5.91 Å². The van der Waals surface area contributed by atoms with Gasteiger partial charge in [-0.25, -0.2) is 5.06 Å². The first-order chi connectivity index (χ1) is 4.39. The molecule has 0 bridgehead atoms. The molecule has 0 aliphatic rings. The van der Waals surface area contributed by atoms with Gasteiger partial charge >= 0.3 is 0 Å². The number of hydroxylamine groups is 2. The summed E-state index contributed by atoms with van der Waals surface area (Å²) in [5.41, 5.74) is -0.481. The Hall–Kier alpha value is -0.570. The van der Waals surface area contributed by atoms with E-state index in [1.807, 2.05) is 0 Å². The maximum atomic E-state index is 11.1. The summed E-state index contributed by atoms with van der Waals surface area (Å²) in [4.78, 5) is 11.1. The van der Waals surface area contributed by atoms with Crippen LogP contribution in [0.3, 0.4) is 0 Å². The molecule has 0 aromatic heterocycles. The van der Waals surface area contributed by atoms with E-state index in [1.54, 1.807) is 27.7 Å². The van der Waals surface area contributed by atoms with Crippen molar-refractivity contribution in [3.63, 3.8) is 0 Å². The molecule has 0 fully saturated rings. The SMILES string of the molecule is CCN(O)C(=O)C(C)(C)C. The highest BCUT2D eigenvalue weighted by Gasteiger charge is 2.25. The Balaban J connectivity index is 4.09. The summed E-state index contributed by atoms with van der Waals surface area (Å²) in [6.45, 7) is 7.39. The molecule has 0 rings (SSSR count). The Morgan fingerprint density at radius 3 is 2.00 bits per heavy atom. The van der Waals surface area contributed by atoms with Crippen LogP contribution in [0, 0.1) is 5.41 Å². The fourth-order valence-electron chi connectivity index (χ4n) is 0.531. The Labute approximate surface area is 61.6 Å². The number of carbonyl (C=O) groups excluding carboxylic acids is 1. The molecule has 3 nitrogen and oxygen atoms in total. The number of amides is 1. The van der Waals surface area contributed by atoms with Gasteiger partial charge in [-0.1, -0.05) is 20.8 Å². The molecule has 0 heterocycles. The van der Waals surface area contributed by atoms with Crippen LogP contribution < -0.4 is 0 Å². The average Bonchev–Trinajstić information content (AvgIpc) is 1.83. The molecule has 0 saturated heterocycles. The summed E-state index contributed by atoms with van der Waals surface area (Å²) in [5, 5.41) is 9.68. The Morgan fingerprint density at radius 2 is 1.90 bits per heavy atom. The summed E-state index contributed by atoms with van der Waals surface area (Å²) in [6.07, 6.45) is 0. The van der Waals surface area contributed by atoms with Crippen LogP contribution in [0.4, 0.5) is 0 Å². The standard InChI is InChI=1S/C7H15NO2/c1-5-8(10)6(9)7(2,3)4/h10H,5H2,1-4H3. The molecule has 10 heavy (non-hydrogen) atoms. The van der Waals surface area contributed by atoms with Crippen LogP contribution in [0.15, 0.2) is 0 Å². The summed E-state index contributed by atoms with van der Waals surface area (Å²) >= 11 is 0. The van der Waals surface area contributed by atoms with E-state index in [0.29, 0.717) is 6.54 Å². The summed E-state index contributed by atoms with van der Waals surface area (Å²) in [7, 11) is 0. The minimum absolute atomic E-state index is 0.241. The van der Waals surface area contributed by atoms with Crippen LogP contribution in [0.25, 0.3) is 0 Å². The molecule has 3 heteroatoms. The van der Waals surface area contributed by atoms with E-state index < -0.39 is 5.41 Å². The van der Waals surface area contributed by atoms with Crippen molar-refractivity contribution in [1.29, 1.82) is 0 Å². The van der Waals surface area contributed by atoms with Crippen molar-refractivity contribution in [2.75, 3.05) is 6.54 Å². The summed E-state index contributed by atoms with van der Waals surface area (Å²) in [6, 6.07) is 0. The van der Waals surface area contributed by atoms with Gasteiger partial charge in [-0.15, -0.1) is 0 Å². The van der Waals surface area contributed by atoms with Gasteiger partial charge in [0.15, 0.2) is 0 Å². The number of carbonyl (C=O) groups is 1. The third kappa shape index (κ3) is 2.35. The predicted octanol–water partition coefficient (Wildman–Crippen LogP) is 1.27.